The lowest BCUT2D eigenvalue weighted by Gasteiger charge is -2.36. The third-order valence-electron chi connectivity index (χ3n) is 5.18. The maximum absolute atomic E-state index is 12.1. The summed E-state index contributed by atoms with van der Waals surface area (Å²) in [4.78, 5) is 38.6. The zero-order valence-electron chi connectivity index (χ0n) is 15.3. The van der Waals surface area contributed by atoms with Crippen LogP contribution in [0.3, 0.4) is 0 Å². The van der Waals surface area contributed by atoms with Crippen molar-refractivity contribution in [3.63, 3.8) is 0 Å². The molecule has 2 aliphatic heterocycles. The van der Waals surface area contributed by atoms with E-state index in [4.69, 9.17) is 5.11 Å². The van der Waals surface area contributed by atoms with Crippen LogP contribution in [0, 0.1) is 0 Å². The second-order valence-corrected chi connectivity index (χ2v) is 7.01. The van der Waals surface area contributed by atoms with Crippen LogP contribution in [0.25, 0.3) is 0 Å². The summed E-state index contributed by atoms with van der Waals surface area (Å²) in [5.74, 6) is -0.657. The fourth-order valence-electron chi connectivity index (χ4n) is 3.68. The molecule has 27 heavy (non-hydrogen) atoms. The van der Waals surface area contributed by atoms with Crippen molar-refractivity contribution in [1.29, 1.82) is 0 Å². The van der Waals surface area contributed by atoms with E-state index < -0.39 is 6.09 Å². The molecule has 1 aromatic rings. The number of amides is 3. The number of piperazine rings is 1. The van der Waals surface area contributed by atoms with Gasteiger partial charge >= 0.3 is 6.09 Å². The first-order chi connectivity index (χ1) is 13.0. The van der Waals surface area contributed by atoms with E-state index in [1.54, 1.807) is 0 Å². The minimum absolute atomic E-state index is 0.193. The molecule has 2 saturated heterocycles. The predicted octanol–water partition coefficient (Wildman–Crippen LogP) is 0.986. The van der Waals surface area contributed by atoms with E-state index in [1.165, 1.54) is 0 Å². The van der Waals surface area contributed by atoms with Crippen molar-refractivity contribution in [2.75, 3.05) is 44.2 Å². The van der Waals surface area contributed by atoms with Crippen molar-refractivity contribution in [3.8, 4) is 0 Å². The van der Waals surface area contributed by atoms with Crippen LogP contribution in [0.4, 0.5) is 10.5 Å². The Morgan fingerprint density at radius 3 is 2.70 bits per heavy atom. The Labute approximate surface area is 158 Å². The third kappa shape index (κ3) is 5.19. The summed E-state index contributed by atoms with van der Waals surface area (Å²) in [6, 6.07) is 8.04. The van der Waals surface area contributed by atoms with Gasteiger partial charge in [-0.1, -0.05) is 12.1 Å². The molecule has 3 rings (SSSR count). The minimum atomic E-state index is -0.976. The van der Waals surface area contributed by atoms with Gasteiger partial charge < -0.3 is 15.3 Å². The molecule has 0 spiro atoms. The van der Waals surface area contributed by atoms with E-state index >= 15 is 0 Å². The average molecular weight is 374 g/mol. The lowest BCUT2D eigenvalue weighted by Crippen LogP contribution is -2.47. The standard InChI is InChI=1S/C19H26N4O4/c24-17-6-5-16(18(25)21-17)14-3-1-4-15(13-14)23-11-9-22(10-12-23)8-2-7-20-19(26)27/h1,3-4,13,16,20H,2,5-12H2,(H,26,27)(H,21,24,25). The molecule has 0 aromatic heterocycles. The Kier molecular flexibility index (Phi) is 6.28. The average Bonchev–Trinajstić information content (AvgIpc) is 2.66. The molecule has 1 atom stereocenters. The molecular weight excluding hydrogens is 348 g/mol. The zero-order valence-corrected chi connectivity index (χ0v) is 15.3. The maximum atomic E-state index is 12.1. The molecule has 2 fully saturated rings. The molecule has 2 heterocycles. The van der Waals surface area contributed by atoms with Crippen molar-refractivity contribution in [1.82, 2.24) is 15.5 Å². The summed E-state index contributed by atoms with van der Waals surface area (Å²) in [6.07, 6.45) is 0.773. The minimum Gasteiger partial charge on any atom is -0.465 e. The van der Waals surface area contributed by atoms with E-state index in [-0.39, 0.29) is 17.7 Å². The second kappa shape index (κ2) is 8.85. The first-order valence-corrected chi connectivity index (χ1v) is 9.40. The molecule has 0 saturated carbocycles. The molecular formula is C19H26N4O4. The Bertz CT molecular complexity index is 701. The number of benzene rings is 1. The van der Waals surface area contributed by atoms with Gasteiger partial charge in [0.25, 0.3) is 0 Å². The number of carbonyl (C=O) groups is 3. The lowest BCUT2D eigenvalue weighted by molar-refractivity contribution is -0.134. The Morgan fingerprint density at radius 2 is 2.00 bits per heavy atom. The maximum Gasteiger partial charge on any atom is 0.404 e. The highest BCUT2D eigenvalue weighted by molar-refractivity contribution is 6.01. The number of hydrogen-bond donors (Lipinski definition) is 3. The number of rotatable bonds is 6. The van der Waals surface area contributed by atoms with Crippen molar-refractivity contribution in [2.24, 2.45) is 0 Å². The first-order valence-electron chi connectivity index (χ1n) is 9.40. The van der Waals surface area contributed by atoms with Gasteiger partial charge in [-0.15, -0.1) is 0 Å². The third-order valence-corrected chi connectivity index (χ3v) is 5.18. The van der Waals surface area contributed by atoms with Gasteiger partial charge in [0.15, 0.2) is 0 Å². The quantitative estimate of drug-likeness (QED) is 0.507. The zero-order chi connectivity index (χ0) is 19.2. The smallest absolute Gasteiger partial charge is 0.404 e. The highest BCUT2D eigenvalue weighted by Gasteiger charge is 2.28. The fraction of sp³-hybridized carbons (Fsp3) is 0.526. The summed E-state index contributed by atoms with van der Waals surface area (Å²) in [6.45, 7) is 5.00. The van der Waals surface area contributed by atoms with E-state index in [0.717, 1.165) is 50.4 Å². The van der Waals surface area contributed by atoms with E-state index in [0.29, 0.717) is 19.4 Å². The van der Waals surface area contributed by atoms with E-state index in [9.17, 15) is 14.4 Å². The lowest BCUT2D eigenvalue weighted by atomic mass is 9.90. The van der Waals surface area contributed by atoms with Crippen LogP contribution in [0.15, 0.2) is 24.3 Å². The van der Waals surface area contributed by atoms with Crippen molar-refractivity contribution in [3.05, 3.63) is 29.8 Å². The highest BCUT2D eigenvalue weighted by atomic mass is 16.4. The van der Waals surface area contributed by atoms with Gasteiger partial charge in [-0.25, -0.2) is 4.79 Å². The molecule has 0 bridgehead atoms. The van der Waals surface area contributed by atoms with Crippen LogP contribution >= 0.6 is 0 Å². The number of piperidine rings is 1. The SMILES string of the molecule is O=C(O)NCCCN1CCN(c2cccc(C3CCC(=O)NC3=O)c2)CC1. The van der Waals surface area contributed by atoms with Gasteiger partial charge in [0, 0.05) is 44.8 Å². The van der Waals surface area contributed by atoms with Gasteiger partial charge in [-0.3, -0.25) is 19.8 Å². The number of anilines is 1. The van der Waals surface area contributed by atoms with Gasteiger partial charge in [0.2, 0.25) is 11.8 Å². The van der Waals surface area contributed by atoms with Crippen molar-refractivity contribution in [2.45, 2.75) is 25.2 Å². The molecule has 8 heteroatoms. The van der Waals surface area contributed by atoms with E-state index in [1.807, 2.05) is 12.1 Å². The number of hydrogen-bond acceptors (Lipinski definition) is 5. The van der Waals surface area contributed by atoms with Gasteiger partial charge in [0.05, 0.1) is 5.92 Å². The van der Waals surface area contributed by atoms with Crippen LogP contribution in [-0.2, 0) is 9.59 Å². The van der Waals surface area contributed by atoms with Crippen molar-refractivity contribution < 1.29 is 19.5 Å². The van der Waals surface area contributed by atoms with Crippen LogP contribution in [-0.4, -0.2) is 67.2 Å². The molecule has 0 aliphatic carbocycles. The summed E-state index contributed by atoms with van der Waals surface area (Å²) >= 11 is 0. The molecule has 3 N–H and O–H groups in total. The van der Waals surface area contributed by atoms with Gasteiger partial charge in [0.1, 0.15) is 0 Å². The molecule has 146 valence electrons. The Morgan fingerprint density at radius 1 is 1.22 bits per heavy atom. The monoisotopic (exact) mass is 374 g/mol. The molecule has 8 nitrogen and oxygen atoms in total. The number of nitrogens with one attached hydrogen (secondary N) is 2. The van der Waals surface area contributed by atoms with Gasteiger partial charge in [-0.05, 0) is 37.1 Å². The van der Waals surface area contributed by atoms with E-state index in [2.05, 4.69) is 32.6 Å². The number of imide groups is 1. The Hall–Kier alpha value is -2.61. The summed E-state index contributed by atoms with van der Waals surface area (Å²) in [7, 11) is 0. The number of nitrogens with zero attached hydrogens (tertiary/aromatic N) is 2. The van der Waals surface area contributed by atoms with Crippen LogP contribution in [0.1, 0.15) is 30.7 Å². The molecule has 0 radical (unpaired) electrons. The van der Waals surface area contributed by atoms with Crippen LogP contribution in [0.5, 0.6) is 0 Å². The number of carbonyl (C=O) groups excluding carboxylic acids is 2. The van der Waals surface area contributed by atoms with Crippen molar-refractivity contribution >= 4 is 23.6 Å². The van der Waals surface area contributed by atoms with Gasteiger partial charge in [-0.2, -0.15) is 0 Å². The fourth-order valence-corrected chi connectivity index (χ4v) is 3.68. The normalized spacial score (nSPS) is 21.0. The largest absolute Gasteiger partial charge is 0.465 e. The number of carboxylic acid groups (broad SMARTS) is 1. The topological polar surface area (TPSA) is 102 Å². The summed E-state index contributed by atoms with van der Waals surface area (Å²) < 4.78 is 0. The predicted molar refractivity (Wildman–Crippen MR) is 101 cm³/mol. The summed E-state index contributed by atoms with van der Waals surface area (Å²) in [5.41, 5.74) is 2.06. The molecule has 3 amide bonds. The first kappa shape index (κ1) is 19.2. The molecule has 2 aliphatic rings. The van der Waals surface area contributed by atoms with Crippen LogP contribution in [0.2, 0.25) is 0 Å². The summed E-state index contributed by atoms with van der Waals surface area (Å²) in [5, 5.41) is 13.4. The van der Waals surface area contributed by atoms with Crippen LogP contribution < -0.4 is 15.5 Å². The molecule has 1 aromatic carbocycles. The Balaban J connectivity index is 1.52. The second-order valence-electron chi connectivity index (χ2n) is 7.01. The highest BCUT2D eigenvalue weighted by Crippen LogP contribution is 2.28. The molecule has 1 unspecified atom stereocenters.